The molecular formula is C16H25N3O3. The van der Waals surface area contributed by atoms with Crippen LogP contribution >= 0.6 is 0 Å². The van der Waals surface area contributed by atoms with Gasteiger partial charge in [0.05, 0.1) is 0 Å². The van der Waals surface area contributed by atoms with Crippen LogP contribution in [0.25, 0.3) is 0 Å². The number of amides is 1. The number of carbonyl (C=O) groups excluding carboxylic acids is 2. The highest BCUT2D eigenvalue weighted by atomic mass is 16.1. The Balaban J connectivity index is 0.00000242. The Morgan fingerprint density at radius 2 is 1.82 bits per heavy atom. The van der Waals surface area contributed by atoms with Gasteiger partial charge in [-0.1, -0.05) is 0 Å². The summed E-state index contributed by atoms with van der Waals surface area (Å²) in [4.78, 5) is 26.6. The van der Waals surface area contributed by atoms with Gasteiger partial charge in [-0.15, -0.1) is 0 Å². The minimum atomic E-state index is 0. The number of ketones is 1. The maximum Gasteiger partial charge on any atom is 0.221 e. The van der Waals surface area contributed by atoms with E-state index in [1.54, 1.807) is 12.4 Å². The Morgan fingerprint density at radius 1 is 1.18 bits per heavy atom. The number of hydrogen-bond donors (Lipinski definition) is 2. The summed E-state index contributed by atoms with van der Waals surface area (Å²) in [6.07, 6.45) is 8.45. The number of rotatable bonds is 6. The number of aromatic amines is 1. The third-order valence-electron chi connectivity index (χ3n) is 4.10. The van der Waals surface area contributed by atoms with Crippen molar-refractivity contribution in [1.29, 1.82) is 0 Å². The molecule has 1 amide bonds. The van der Waals surface area contributed by atoms with Gasteiger partial charge in [0.25, 0.3) is 0 Å². The van der Waals surface area contributed by atoms with Gasteiger partial charge in [0, 0.05) is 43.1 Å². The fraction of sp³-hybridized carbons (Fsp3) is 0.562. The topological polar surface area (TPSA) is 116 Å². The highest BCUT2D eigenvalue weighted by molar-refractivity contribution is 5.95. The van der Waals surface area contributed by atoms with E-state index in [1.807, 2.05) is 12.1 Å². The van der Waals surface area contributed by atoms with E-state index in [1.165, 1.54) is 0 Å². The van der Waals surface area contributed by atoms with E-state index < -0.39 is 0 Å². The lowest BCUT2D eigenvalue weighted by molar-refractivity contribution is -0.378. The average molecular weight is 307 g/mol. The van der Waals surface area contributed by atoms with Gasteiger partial charge >= 0.3 is 0 Å². The first kappa shape index (κ1) is 18.3. The van der Waals surface area contributed by atoms with Crippen molar-refractivity contribution < 1.29 is 20.0 Å². The highest BCUT2D eigenvalue weighted by Crippen LogP contribution is 2.28. The number of aromatic nitrogens is 1. The zero-order valence-electron chi connectivity index (χ0n) is 12.8. The van der Waals surface area contributed by atoms with Gasteiger partial charge in [-0.2, -0.15) is 0 Å². The van der Waals surface area contributed by atoms with Gasteiger partial charge in [-0.05, 0) is 31.6 Å². The number of nitrogens with two attached hydrogens (primary N) is 1. The summed E-state index contributed by atoms with van der Waals surface area (Å²) in [7, 11) is 0. The standard InChI is InChI=1S/C16H23N3O2.H2O/c17-8-5-16(21)19-14-3-1-12(2-4-14)11-15(20)13-6-9-18-10-7-13;/h6-7,9-10,12,14H,1-5,8,11,17H2,(H,19,21);1H2. The molecule has 6 heteroatoms. The van der Waals surface area contributed by atoms with Gasteiger partial charge in [0.15, 0.2) is 18.2 Å². The fourth-order valence-electron chi connectivity index (χ4n) is 2.89. The number of carbonyl (C=O) groups is 2. The zero-order chi connectivity index (χ0) is 15.1. The van der Waals surface area contributed by atoms with Crippen molar-refractivity contribution >= 4 is 11.7 Å². The molecule has 0 aliphatic heterocycles. The van der Waals surface area contributed by atoms with Crippen LogP contribution in [0, 0.1) is 5.92 Å². The highest BCUT2D eigenvalue weighted by Gasteiger charge is 2.24. The second-order valence-corrected chi connectivity index (χ2v) is 5.74. The number of hydrogen-bond acceptors (Lipinski definition) is 4. The van der Waals surface area contributed by atoms with E-state index in [-0.39, 0.29) is 23.2 Å². The van der Waals surface area contributed by atoms with Crippen LogP contribution in [0.1, 0.15) is 48.9 Å². The molecule has 0 saturated heterocycles. The molecule has 122 valence electrons. The van der Waals surface area contributed by atoms with Crippen LogP contribution in [-0.2, 0) is 4.79 Å². The quantitative estimate of drug-likeness (QED) is 0.760. The molecule has 2 rings (SSSR count). The van der Waals surface area contributed by atoms with Crippen LogP contribution < -0.4 is 16.0 Å². The number of H-pyrrole nitrogens is 1. The van der Waals surface area contributed by atoms with E-state index in [4.69, 9.17) is 5.73 Å². The van der Waals surface area contributed by atoms with Crippen molar-refractivity contribution in [3.8, 4) is 0 Å². The Kier molecular flexibility index (Phi) is 7.70. The first-order chi connectivity index (χ1) is 10.2. The van der Waals surface area contributed by atoms with Gasteiger partial charge in [0.2, 0.25) is 5.91 Å². The Bertz CT molecular complexity index is 471. The van der Waals surface area contributed by atoms with Crippen molar-refractivity contribution in [1.82, 2.24) is 5.32 Å². The molecule has 1 heterocycles. The number of nitrogens with one attached hydrogen (secondary N) is 2. The van der Waals surface area contributed by atoms with Crippen molar-refractivity contribution in [3.05, 3.63) is 30.1 Å². The summed E-state index contributed by atoms with van der Waals surface area (Å²) < 4.78 is 0. The summed E-state index contributed by atoms with van der Waals surface area (Å²) >= 11 is 0. The van der Waals surface area contributed by atoms with E-state index in [9.17, 15) is 9.59 Å². The molecule has 22 heavy (non-hydrogen) atoms. The first-order valence-electron chi connectivity index (χ1n) is 7.67. The van der Waals surface area contributed by atoms with Gasteiger partial charge in [-0.3, -0.25) is 9.59 Å². The Labute approximate surface area is 130 Å². The Hall–Kier alpha value is -1.79. The van der Waals surface area contributed by atoms with E-state index >= 15 is 0 Å². The fourth-order valence-corrected chi connectivity index (χ4v) is 2.89. The van der Waals surface area contributed by atoms with Crippen LogP contribution in [-0.4, -0.2) is 29.8 Å². The summed E-state index contributed by atoms with van der Waals surface area (Å²) in [6.45, 7) is 0.393. The average Bonchev–Trinajstić information content (AvgIpc) is 2.50. The van der Waals surface area contributed by atoms with Crippen LogP contribution in [0.2, 0.25) is 0 Å². The smallest absolute Gasteiger partial charge is 0.221 e. The molecule has 6 nitrogen and oxygen atoms in total. The predicted octanol–water partition coefficient (Wildman–Crippen LogP) is 0.920. The van der Waals surface area contributed by atoms with Crippen LogP contribution in [0.4, 0.5) is 0 Å². The molecule has 0 spiro atoms. The summed E-state index contributed by atoms with van der Waals surface area (Å²) in [5.41, 5.74) is 6.14. The second-order valence-electron chi connectivity index (χ2n) is 5.74. The number of Topliss-reactive ketones (excluding diaryl/α,β-unsaturated/α-hetero) is 1. The SMILES string of the molecule is NCCC(=O)NC1CCC(CC(=O)c2cc[nH+]cc2)CC1.[OH-]. The number of pyridine rings is 1. The van der Waals surface area contributed by atoms with E-state index in [2.05, 4.69) is 10.3 Å². The van der Waals surface area contributed by atoms with Gasteiger partial charge in [0.1, 0.15) is 0 Å². The molecule has 1 aliphatic carbocycles. The lowest BCUT2D eigenvalue weighted by Crippen LogP contribution is -2.38. The molecule has 1 saturated carbocycles. The predicted molar refractivity (Wildman–Crippen MR) is 81.4 cm³/mol. The van der Waals surface area contributed by atoms with Crippen molar-refractivity contribution in [3.63, 3.8) is 0 Å². The monoisotopic (exact) mass is 307 g/mol. The zero-order valence-corrected chi connectivity index (χ0v) is 12.8. The minimum absolute atomic E-state index is 0. The lowest BCUT2D eigenvalue weighted by atomic mass is 9.82. The molecule has 0 aromatic carbocycles. The summed E-state index contributed by atoms with van der Waals surface area (Å²) in [6, 6.07) is 3.89. The summed E-state index contributed by atoms with van der Waals surface area (Å²) in [5, 5.41) is 3.02. The molecule has 1 aliphatic rings. The van der Waals surface area contributed by atoms with Crippen LogP contribution in [0.15, 0.2) is 24.5 Å². The van der Waals surface area contributed by atoms with Gasteiger partial charge in [-0.25, -0.2) is 4.98 Å². The minimum Gasteiger partial charge on any atom is -0.870 e. The molecule has 0 bridgehead atoms. The molecule has 0 unspecified atom stereocenters. The largest absolute Gasteiger partial charge is 0.870 e. The maximum absolute atomic E-state index is 12.2. The van der Waals surface area contributed by atoms with E-state index in [0.717, 1.165) is 31.2 Å². The summed E-state index contributed by atoms with van der Waals surface area (Å²) in [5.74, 6) is 0.682. The maximum atomic E-state index is 12.2. The molecular weight excluding hydrogens is 282 g/mol. The van der Waals surface area contributed by atoms with Gasteiger partial charge < -0.3 is 16.5 Å². The van der Waals surface area contributed by atoms with E-state index in [0.29, 0.717) is 25.3 Å². The van der Waals surface area contributed by atoms with Crippen molar-refractivity contribution in [2.45, 2.75) is 44.6 Å². The molecule has 0 atom stereocenters. The normalized spacial score (nSPS) is 20.8. The van der Waals surface area contributed by atoms with Crippen LogP contribution in [0.3, 0.4) is 0 Å². The molecule has 1 aromatic rings. The van der Waals surface area contributed by atoms with Crippen LogP contribution in [0.5, 0.6) is 0 Å². The molecule has 5 N–H and O–H groups in total. The first-order valence-corrected chi connectivity index (χ1v) is 7.67. The third-order valence-corrected chi connectivity index (χ3v) is 4.10. The molecule has 0 radical (unpaired) electrons. The molecule has 1 aromatic heterocycles. The second kappa shape index (κ2) is 9.27. The lowest BCUT2D eigenvalue weighted by Gasteiger charge is -2.28. The third kappa shape index (κ3) is 5.54. The van der Waals surface area contributed by atoms with Crippen molar-refractivity contribution in [2.24, 2.45) is 11.7 Å². The van der Waals surface area contributed by atoms with Crippen molar-refractivity contribution in [2.75, 3.05) is 6.54 Å². The Morgan fingerprint density at radius 3 is 2.41 bits per heavy atom. The molecule has 1 fully saturated rings.